The topological polar surface area (TPSA) is 38.1 Å². The van der Waals surface area contributed by atoms with Crippen molar-refractivity contribution in [1.29, 1.82) is 0 Å². The van der Waals surface area contributed by atoms with Crippen molar-refractivity contribution in [3.8, 4) is 10.6 Å². The molecule has 3 nitrogen and oxygen atoms in total. The van der Waals surface area contributed by atoms with E-state index in [4.69, 9.17) is 4.42 Å². The second-order valence-corrected chi connectivity index (χ2v) is 7.37. The third-order valence-corrected chi connectivity index (χ3v) is 5.09. The number of thiophene rings is 1. The lowest BCUT2D eigenvalue weighted by Gasteiger charge is -2.05. The Balaban J connectivity index is 1.51. The summed E-state index contributed by atoms with van der Waals surface area (Å²) < 4.78 is 5.91. The third kappa shape index (κ3) is 3.74. The molecule has 3 rings (SSSR count). The van der Waals surface area contributed by atoms with E-state index >= 15 is 0 Å². The van der Waals surface area contributed by atoms with Gasteiger partial charge >= 0.3 is 0 Å². The fourth-order valence-electron chi connectivity index (χ4n) is 2.75. The summed E-state index contributed by atoms with van der Waals surface area (Å²) in [6, 6.07) is 2.29. The van der Waals surface area contributed by atoms with Crippen molar-refractivity contribution in [2.24, 2.45) is 5.92 Å². The van der Waals surface area contributed by atoms with Crippen LogP contribution in [0.2, 0.25) is 0 Å². The highest BCUT2D eigenvalue weighted by Gasteiger charge is 2.17. The number of hydrogen-bond acceptors (Lipinski definition) is 4. The summed E-state index contributed by atoms with van der Waals surface area (Å²) >= 11 is 1.88. The van der Waals surface area contributed by atoms with E-state index in [0.29, 0.717) is 5.92 Å². The van der Waals surface area contributed by atoms with Crippen LogP contribution in [-0.2, 0) is 19.3 Å². The molecule has 0 saturated carbocycles. The monoisotopic (exact) mass is 304 g/mol. The number of aromatic nitrogens is 1. The first-order valence-corrected chi connectivity index (χ1v) is 8.81. The van der Waals surface area contributed by atoms with Crippen molar-refractivity contribution < 1.29 is 4.42 Å². The molecule has 0 amide bonds. The molecule has 2 heterocycles. The van der Waals surface area contributed by atoms with Gasteiger partial charge in [0.15, 0.2) is 11.7 Å². The minimum absolute atomic E-state index is 0.708. The van der Waals surface area contributed by atoms with Gasteiger partial charge in [-0.2, -0.15) is 0 Å². The van der Waals surface area contributed by atoms with Crippen LogP contribution in [0.1, 0.15) is 43.0 Å². The highest BCUT2D eigenvalue weighted by Crippen LogP contribution is 2.36. The van der Waals surface area contributed by atoms with Crippen molar-refractivity contribution in [2.45, 2.75) is 46.0 Å². The summed E-state index contributed by atoms with van der Waals surface area (Å²) in [4.78, 5) is 7.21. The quantitative estimate of drug-likeness (QED) is 0.784. The molecule has 0 spiro atoms. The summed E-state index contributed by atoms with van der Waals surface area (Å²) in [6.45, 7) is 6.57. The lowest BCUT2D eigenvalue weighted by Crippen LogP contribution is -2.21. The van der Waals surface area contributed by atoms with Crippen molar-refractivity contribution in [1.82, 2.24) is 10.3 Å². The molecule has 0 atom stereocenters. The van der Waals surface area contributed by atoms with Gasteiger partial charge in [0.25, 0.3) is 0 Å². The predicted octanol–water partition coefficient (Wildman–Crippen LogP) is 4.07. The Morgan fingerprint density at radius 3 is 3.10 bits per heavy atom. The van der Waals surface area contributed by atoms with E-state index in [1.807, 2.05) is 17.5 Å². The fourth-order valence-corrected chi connectivity index (χ4v) is 3.95. The lowest BCUT2D eigenvalue weighted by atomic mass is 10.2. The molecule has 0 saturated heterocycles. The Kier molecular flexibility index (Phi) is 4.76. The first-order chi connectivity index (χ1) is 10.2. The molecule has 21 heavy (non-hydrogen) atoms. The van der Waals surface area contributed by atoms with Crippen molar-refractivity contribution in [3.05, 3.63) is 28.6 Å². The van der Waals surface area contributed by atoms with E-state index in [1.54, 1.807) is 4.88 Å². The van der Waals surface area contributed by atoms with Crippen LogP contribution in [0.5, 0.6) is 0 Å². The number of hydrogen-bond donors (Lipinski definition) is 1. The summed E-state index contributed by atoms with van der Waals surface area (Å²) in [7, 11) is 0. The second-order valence-electron chi connectivity index (χ2n) is 6.23. The number of oxazole rings is 1. The van der Waals surface area contributed by atoms with Crippen LogP contribution in [0.25, 0.3) is 10.6 Å². The fraction of sp³-hybridized carbons (Fsp3) is 0.588. The number of nitrogens with one attached hydrogen (secondary N) is 1. The maximum atomic E-state index is 5.91. The van der Waals surface area contributed by atoms with Gasteiger partial charge in [-0.05, 0) is 56.3 Å². The Bertz CT molecular complexity index is 564. The molecule has 1 aliphatic carbocycles. The molecule has 0 fully saturated rings. The molecule has 4 heteroatoms. The highest BCUT2D eigenvalue weighted by atomic mass is 32.1. The van der Waals surface area contributed by atoms with Gasteiger partial charge in [0.05, 0.1) is 11.1 Å². The molecule has 0 aliphatic heterocycles. The van der Waals surface area contributed by atoms with E-state index < -0.39 is 0 Å². The largest absolute Gasteiger partial charge is 0.440 e. The van der Waals surface area contributed by atoms with E-state index in [1.165, 1.54) is 29.7 Å². The van der Waals surface area contributed by atoms with Gasteiger partial charge in [-0.15, -0.1) is 11.3 Å². The SMILES string of the molecule is CC(C)CNCCCc1ncc(-c2cc3c(s2)CCC3)o1. The van der Waals surface area contributed by atoms with Crippen LogP contribution in [-0.4, -0.2) is 18.1 Å². The Hall–Kier alpha value is -1.13. The normalized spacial score (nSPS) is 14.0. The Labute approximate surface area is 130 Å². The molecule has 0 bridgehead atoms. The van der Waals surface area contributed by atoms with Gasteiger partial charge in [0.2, 0.25) is 0 Å². The minimum Gasteiger partial charge on any atom is -0.440 e. The summed E-state index contributed by atoms with van der Waals surface area (Å²) in [5.41, 5.74) is 1.52. The molecule has 0 aromatic carbocycles. The number of fused-ring (bicyclic) bond motifs is 1. The van der Waals surface area contributed by atoms with Gasteiger partial charge in [0.1, 0.15) is 0 Å². The number of aryl methyl sites for hydroxylation is 3. The molecule has 1 aliphatic rings. The zero-order chi connectivity index (χ0) is 14.7. The first kappa shape index (κ1) is 14.8. The molecule has 1 N–H and O–H groups in total. The summed E-state index contributed by atoms with van der Waals surface area (Å²) in [5.74, 6) is 2.52. The van der Waals surface area contributed by atoms with Crippen LogP contribution < -0.4 is 5.32 Å². The average Bonchev–Trinajstić information content (AvgIpc) is 3.12. The number of nitrogens with zero attached hydrogens (tertiary/aromatic N) is 1. The van der Waals surface area contributed by atoms with Crippen LogP contribution in [0.15, 0.2) is 16.7 Å². The van der Waals surface area contributed by atoms with E-state index in [2.05, 4.69) is 30.2 Å². The third-order valence-electron chi connectivity index (χ3n) is 3.84. The summed E-state index contributed by atoms with van der Waals surface area (Å²) in [6.07, 6.45) is 7.66. The van der Waals surface area contributed by atoms with Gasteiger partial charge in [-0.3, -0.25) is 0 Å². The van der Waals surface area contributed by atoms with Crippen molar-refractivity contribution in [2.75, 3.05) is 13.1 Å². The zero-order valence-electron chi connectivity index (χ0n) is 12.9. The molecule has 0 unspecified atom stereocenters. The van der Waals surface area contributed by atoms with Crippen molar-refractivity contribution in [3.63, 3.8) is 0 Å². The molecular weight excluding hydrogens is 280 g/mol. The Morgan fingerprint density at radius 2 is 2.29 bits per heavy atom. The van der Waals surface area contributed by atoms with Crippen LogP contribution in [0.4, 0.5) is 0 Å². The van der Waals surface area contributed by atoms with Gasteiger partial charge in [-0.25, -0.2) is 4.98 Å². The van der Waals surface area contributed by atoms with E-state index in [9.17, 15) is 0 Å². The lowest BCUT2D eigenvalue weighted by molar-refractivity contribution is 0.484. The molecule has 2 aromatic rings. The van der Waals surface area contributed by atoms with E-state index in [-0.39, 0.29) is 0 Å². The smallest absolute Gasteiger partial charge is 0.194 e. The van der Waals surface area contributed by atoms with Crippen LogP contribution in [0, 0.1) is 5.92 Å². The maximum absolute atomic E-state index is 5.91. The molecule has 2 aromatic heterocycles. The molecule has 0 radical (unpaired) electrons. The summed E-state index contributed by atoms with van der Waals surface area (Å²) in [5, 5.41) is 3.45. The average molecular weight is 304 g/mol. The molecule has 114 valence electrons. The second kappa shape index (κ2) is 6.75. The van der Waals surface area contributed by atoms with Crippen LogP contribution >= 0.6 is 11.3 Å². The molecular formula is C17H24N2OS. The zero-order valence-corrected chi connectivity index (χ0v) is 13.8. The predicted molar refractivity (Wildman–Crippen MR) is 87.9 cm³/mol. The maximum Gasteiger partial charge on any atom is 0.194 e. The van der Waals surface area contributed by atoms with Gasteiger partial charge < -0.3 is 9.73 Å². The highest BCUT2D eigenvalue weighted by molar-refractivity contribution is 7.15. The van der Waals surface area contributed by atoms with Gasteiger partial charge in [0, 0.05) is 11.3 Å². The van der Waals surface area contributed by atoms with Gasteiger partial charge in [-0.1, -0.05) is 13.8 Å². The van der Waals surface area contributed by atoms with E-state index in [0.717, 1.165) is 37.6 Å². The first-order valence-electron chi connectivity index (χ1n) is 8.00. The number of rotatable bonds is 7. The van der Waals surface area contributed by atoms with Crippen LogP contribution in [0.3, 0.4) is 0 Å². The Morgan fingerprint density at radius 1 is 1.38 bits per heavy atom. The standard InChI is InChI=1S/C17H24N2OS/c1-12(2)10-18-8-4-7-17-19-11-14(20-17)16-9-13-5-3-6-15(13)21-16/h9,11-12,18H,3-8,10H2,1-2H3. The minimum atomic E-state index is 0.708. The van der Waals surface area contributed by atoms with Crippen molar-refractivity contribution >= 4 is 11.3 Å².